The van der Waals surface area contributed by atoms with Gasteiger partial charge < -0.3 is 9.64 Å². The molecule has 0 aliphatic carbocycles. The van der Waals surface area contributed by atoms with E-state index in [9.17, 15) is 0 Å². The fourth-order valence-corrected chi connectivity index (χ4v) is 2.82. The summed E-state index contributed by atoms with van der Waals surface area (Å²) in [6.07, 6.45) is 4.68. The van der Waals surface area contributed by atoms with Crippen LogP contribution in [-0.4, -0.2) is 61.8 Å². The summed E-state index contributed by atoms with van der Waals surface area (Å²) in [6.45, 7) is 5.25. The summed E-state index contributed by atoms with van der Waals surface area (Å²) < 4.78 is 5.70. The predicted molar refractivity (Wildman–Crippen MR) is 66.7 cm³/mol. The highest BCUT2D eigenvalue weighted by Crippen LogP contribution is 2.16. The summed E-state index contributed by atoms with van der Waals surface area (Å²) in [5.41, 5.74) is 0. The summed E-state index contributed by atoms with van der Waals surface area (Å²) in [6, 6.07) is 2.70. The Kier molecular flexibility index (Phi) is 4.78. The van der Waals surface area contributed by atoms with Crippen LogP contribution in [0.2, 0.25) is 0 Å². The lowest BCUT2D eigenvalue weighted by atomic mass is 10.1. The van der Waals surface area contributed by atoms with Crippen LogP contribution in [0.15, 0.2) is 0 Å². The van der Waals surface area contributed by atoms with E-state index in [-0.39, 0.29) is 0 Å². The lowest BCUT2D eigenvalue weighted by Gasteiger charge is -2.28. The van der Waals surface area contributed by atoms with Crippen LogP contribution < -0.4 is 0 Å². The molecule has 0 bridgehead atoms. The van der Waals surface area contributed by atoms with Gasteiger partial charge in [-0.1, -0.05) is 0 Å². The molecule has 2 aliphatic heterocycles. The second kappa shape index (κ2) is 6.34. The lowest BCUT2D eigenvalue weighted by Crippen LogP contribution is -2.41. The molecule has 2 rings (SSSR count). The minimum absolute atomic E-state index is 0.393. The maximum absolute atomic E-state index is 8.88. The number of likely N-dealkylation sites (N-methyl/N-ethyl adjacent to an activating group) is 1. The predicted octanol–water partition coefficient (Wildman–Crippen LogP) is 1.09. The molecule has 0 radical (unpaired) electrons. The quantitative estimate of drug-likeness (QED) is 0.736. The highest BCUT2D eigenvalue weighted by atomic mass is 16.5. The Morgan fingerprint density at radius 1 is 1.35 bits per heavy atom. The van der Waals surface area contributed by atoms with Gasteiger partial charge in [0, 0.05) is 25.7 Å². The van der Waals surface area contributed by atoms with Crippen LogP contribution in [0, 0.1) is 11.3 Å². The summed E-state index contributed by atoms with van der Waals surface area (Å²) in [4.78, 5) is 4.82. The highest BCUT2D eigenvalue weighted by Gasteiger charge is 2.25. The van der Waals surface area contributed by atoms with Crippen molar-refractivity contribution < 1.29 is 4.74 Å². The minimum Gasteiger partial charge on any atom is -0.377 e. The molecular formula is C13H23N3O. The summed E-state index contributed by atoms with van der Waals surface area (Å²) in [5, 5.41) is 8.88. The summed E-state index contributed by atoms with van der Waals surface area (Å²) in [7, 11) is 2.14. The molecule has 4 nitrogen and oxygen atoms in total. The van der Waals surface area contributed by atoms with Gasteiger partial charge in [-0.2, -0.15) is 5.26 Å². The zero-order valence-electron chi connectivity index (χ0n) is 10.8. The zero-order chi connectivity index (χ0) is 12.1. The van der Waals surface area contributed by atoms with E-state index in [4.69, 9.17) is 10.00 Å². The Balaban J connectivity index is 1.86. The van der Waals surface area contributed by atoms with Crippen molar-refractivity contribution in [2.45, 2.75) is 37.8 Å². The van der Waals surface area contributed by atoms with Crippen LogP contribution in [0.1, 0.15) is 25.7 Å². The fourth-order valence-electron chi connectivity index (χ4n) is 2.82. The molecule has 0 N–H and O–H groups in total. The Bertz CT molecular complexity index is 270. The first-order valence-electron chi connectivity index (χ1n) is 6.70. The van der Waals surface area contributed by atoms with E-state index < -0.39 is 0 Å². The first-order chi connectivity index (χ1) is 8.29. The number of ether oxygens (including phenoxy) is 1. The number of rotatable bonds is 3. The molecule has 2 atom stereocenters. The molecule has 0 aromatic rings. The summed E-state index contributed by atoms with van der Waals surface area (Å²) in [5.74, 6) is 0. The molecule has 96 valence electrons. The first-order valence-corrected chi connectivity index (χ1v) is 6.70. The normalized spacial score (nSPS) is 32.2. The van der Waals surface area contributed by atoms with E-state index in [0.717, 1.165) is 32.8 Å². The topological polar surface area (TPSA) is 39.5 Å². The summed E-state index contributed by atoms with van der Waals surface area (Å²) >= 11 is 0. The molecule has 2 saturated heterocycles. The van der Waals surface area contributed by atoms with Gasteiger partial charge in [0.2, 0.25) is 0 Å². The largest absolute Gasteiger partial charge is 0.377 e. The van der Waals surface area contributed by atoms with Gasteiger partial charge in [-0.15, -0.1) is 0 Å². The Morgan fingerprint density at radius 3 is 2.94 bits per heavy atom. The van der Waals surface area contributed by atoms with Crippen LogP contribution in [0.5, 0.6) is 0 Å². The molecule has 4 heteroatoms. The van der Waals surface area contributed by atoms with E-state index in [0.29, 0.717) is 18.6 Å². The molecule has 2 heterocycles. The van der Waals surface area contributed by atoms with E-state index in [1.165, 1.54) is 19.3 Å². The van der Waals surface area contributed by atoms with Gasteiger partial charge in [0.25, 0.3) is 0 Å². The smallest absolute Gasteiger partial charge is 0.0702 e. The average molecular weight is 237 g/mol. The van der Waals surface area contributed by atoms with Gasteiger partial charge >= 0.3 is 0 Å². The second-order valence-electron chi connectivity index (χ2n) is 5.24. The van der Waals surface area contributed by atoms with Crippen molar-refractivity contribution in [1.82, 2.24) is 9.80 Å². The SMILES string of the molecule is CN1CCCN(CC2CCCO2)CC1CC#N. The van der Waals surface area contributed by atoms with Gasteiger partial charge in [0.05, 0.1) is 18.6 Å². The lowest BCUT2D eigenvalue weighted by molar-refractivity contribution is 0.0700. The average Bonchev–Trinajstić information content (AvgIpc) is 2.74. The van der Waals surface area contributed by atoms with E-state index in [2.05, 4.69) is 22.9 Å². The van der Waals surface area contributed by atoms with Crippen molar-refractivity contribution in [2.24, 2.45) is 0 Å². The molecule has 0 aromatic carbocycles. The third-order valence-corrected chi connectivity index (χ3v) is 3.89. The van der Waals surface area contributed by atoms with Crippen LogP contribution in [0.4, 0.5) is 0 Å². The van der Waals surface area contributed by atoms with Crippen molar-refractivity contribution >= 4 is 0 Å². The Labute approximate surface area is 104 Å². The third-order valence-electron chi connectivity index (χ3n) is 3.89. The molecule has 2 unspecified atom stereocenters. The number of nitriles is 1. The molecule has 0 spiro atoms. The molecule has 2 fully saturated rings. The van der Waals surface area contributed by atoms with E-state index >= 15 is 0 Å². The number of nitrogens with zero attached hydrogens (tertiary/aromatic N) is 3. The van der Waals surface area contributed by atoms with Gasteiger partial charge in [-0.3, -0.25) is 4.90 Å². The van der Waals surface area contributed by atoms with E-state index in [1.807, 2.05) is 0 Å². The fraction of sp³-hybridized carbons (Fsp3) is 0.923. The van der Waals surface area contributed by atoms with Gasteiger partial charge in [0.15, 0.2) is 0 Å². The molecule has 0 aromatic heterocycles. The number of hydrogen-bond acceptors (Lipinski definition) is 4. The maximum atomic E-state index is 8.88. The van der Waals surface area contributed by atoms with Crippen LogP contribution >= 0.6 is 0 Å². The minimum atomic E-state index is 0.393. The third kappa shape index (κ3) is 3.67. The first kappa shape index (κ1) is 12.8. The van der Waals surface area contributed by atoms with Crippen LogP contribution in [-0.2, 0) is 4.74 Å². The molecule has 17 heavy (non-hydrogen) atoms. The van der Waals surface area contributed by atoms with Crippen molar-refractivity contribution in [1.29, 1.82) is 5.26 Å². The van der Waals surface area contributed by atoms with Gasteiger partial charge in [-0.05, 0) is 39.4 Å². The molecular weight excluding hydrogens is 214 g/mol. The zero-order valence-corrected chi connectivity index (χ0v) is 10.8. The van der Waals surface area contributed by atoms with Crippen LogP contribution in [0.25, 0.3) is 0 Å². The second-order valence-corrected chi connectivity index (χ2v) is 5.24. The maximum Gasteiger partial charge on any atom is 0.0702 e. The molecule has 2 aliphatic rings. The number of hydrogen-bond donors (Lipinski definition) is 0. The Hall–Kier alpha value is -0.630. The monoisotopic (exact) mass is 237 g/mol. The standard InChI is InChI=1S/C13H23N3O/c1-15-7-3-8-16(10-12(15)5-6-14)11-13-4-2-9-17-13/h12-13H,2-5,7-11H2,1H3. The highest BCUT2D eigenvalue weighted by molar-refractivity contribution is 4.87. The Morgan fingerprint density at radius 2 is 2.24 bits per heavy atom. The molecule has 0 saturated carbocycles. The van der Waals surface area contributed by atoms with Gasteiger partial charge in [-0.25, -0.2) is 0 Å². The van der Waals surface area contributed by atoms with Gasteiger partial charge in [0.1, 0.15) is 0 Å². The van der Waals surface area contributed by atoms with Crippen molar-refractivity contribution in [3.05, 3.63) is 0 Å². The van der Waals surface area contributed by atoms with Crippen LogP contribution in [0.3, 0.4) is 0 Å². The van der Waals surface area contributed by atoms with E-state index in [1.54, 1.807) is 0 Å². The van der Waals surface area contributed by atoms with Crippen molar-refractivity contribution in [2.75, 3.05) is 39.8 Å². The van der Waals surface area contributed by atoms with Crippen molar-refractivity contribution in [3.8, 4) is 6.07 Å². The molecule has 0 amide bonds. The van der Waals surface area contributed by atoms with Crippen molar-refractivity contribution in [3.63, 3.8) is 0 Å².